The highest BCUT2D eigenvalue weighted by Gasteiger charge is 2.25. The van der Waals surface area contributed by atoms with Gasteiger partial charge in [-0.3, -0.25) is 14.4 Å². The van der Waals surface area contributed by atoms with Crippen molar-refractivity contribution in [2.75, 3.05) is 6.54 Å². The Morgan fingerprint density at radius 3 is 3.10 bits per heavy atom. The van der Waals surface area contributed by atoms with Crippen molar-refractivity contribution in [2.24, 2.45) is 5.73 Å². The van der Waals surface area contributed by atoms with Crippen LogP contribution in [0, 0.1) is 0 Å². The maximum absolute atomic E-state index is 11.3. The second-order valence-corrected chi connectivity index (χ2v) is 5.45. The first-order valence-corrected chi connectivity index (χ1v) is 7.17. The van der Waals surface area contributed by atoms with Crippen LogP contribution in [0.1, 0.15) is 28.8 Å². The standard InChI is InChI=1S/C15H19N5O/c16-15(21)13-4-1-3-12(7-13)8-19-6-2-5-14(19)9-20-11-17-10-18-20/h1,3-4,7,10-11,14H,2,5-6,8-9H2,(H2,16,21)/t14-/m0/s1. The molecule has 1 aliphatic rings. The van der Waals surface area contributed by atoms with Crippen molar-refractivity contribution < 1.29 is 4.79 Å². The zero-order valence-corrected chi connectivity index (χ0v) is 11.9. The van der Waals surface area contributed by atoms with Crippen molar-refractivity contribution in [2.45, 2.75) is 32.0 Å². The van der Waals surface area contributed by atoms with Gasteiger partial charge in [-0.1, -0.05) is 12.1 Å². The Hall–Kier alpha value is -2.21. The van der Waals surface area contributed by atoms with E-state index in [0.717, 1.165) is 31.6 Å². The van der Waals surface area contributed by atoms with E-state index in [1.165, 1.54) is 6.42 Å². The summed E-state index contributed by atoms with van der Waals surface area (Å²) in [4.78, 5) is 17.7. The predicted molar refractivity (Wildman–Crippen MR) is 78.4 cm³/mol. The molecule has 0 aliphatic carbocycles. The first-order valence-electron chi connectivity index (χ1n) is 7.17. The van der Waals surface area contributed by atoms with Gasteiger partial charge in [0.2, 0.25) is 5.91 Å². The number of carbonyl (C=O) groups excluding carboxylic acids is 1. The number of hydrogen-bond acceptors (Lipinski definition) is 4. The highest BCUT2D eigenvalue weighted by Crippen LogP contribution is 2.21. The van der Waals surface area contributed by atoms with Crippen LogP contribution in [0.3, 0.4) is 0 Å². The van der Waals surface area contributed by atoms with Crippen molar-refractivity contribution >= 4 is 5.91 Å². The van der Waals surface area contributed by atoms with Crippen molar-refractivity contribution in [3.63, 3.8) is 0 Å². The van der Waals surface area contributed by atoms with Gasteiger partial charge < -0.3 is 5.73 Å². The number of likely N-dealkylation sites (tertiary alicyclic amines) is 1. The molecule has 1 amide bonds. The fourth-order valence-corrected chi connectivity index (χ4v) is 2.91. The number of amides is 1. The molecule has 110 valence electrons. The van der Waals surface area contributed by atoms with E-state index in [-0.39, 0.29) is 5.91 Å². The van der Waals surface area contributed by atoms with Crippen molar-refractivity contribution in [1.29, 1.82) is 0 Å². The third kappa shape index (κ3) is 3.28. The largest absolute Gasteiger partial charge is 0.366 e. The average Bonchev–Trinajstić information content (AvgIpc) is 3.12. The molecule has 0 bridgehead atoms. The van der Waals surface area contributed by atoms with Crippen LogP contribution in [0.5, 0.6) is 0 Å². The van der Waals surface area contributed by atoms with Gasteiger partial charge in [-0.05, 0) is 37.1 Å². The van der Waals surface area contributed by atoms with Gasteiger partial charge in [0, 0.05) is 18.2 Å². The van der Waals surface area contributed by atoms with E-state index in [2.05, 4.69) is 15.0 Å². The summed E-state index contributed by atoms with van der Waals surface area (Å²) >= 11 is 0. The van der Waals surface area contributed by atoms with Crippen LogP contribution in [-0.4, -0.2) is 38.2 Å². The average molecular weight is 285 g/mol. The molecular weight excluding hydrogens is 266 g/mol. The van der Waals surface area contributed by atoms with Crippen LogP contribution in [-0.2, 0) is 13.1 Å². The number of carbonyl (C=O) groups is 1. The lowest BCUT2D eigenvalue weighted by Crippen LogP contribution is -2.32. The van der Waals surface area contributed by atoms with E-state index in [4.69, 9.17) is 5.73 Å². The minimum atomic E-state index is -0.377. The fourth-order valence-electron chi connectivity index (χ4n) is 2.91. The summed E-state index contributed by atoms with van der Waals surface area (Å²) in [6.07, 6.45) is 5.67. The number of nitrogens with two attached hydrogens (primary N) is 1. The Bertz CT molecular complexity index is 610. The number of hydrogen-bond donors (Lipinski definition) is 1. The quantitative estimate of drug-likeness (QED) is 0.890. The molecule has 21 heavy (non-hydrogen) atoms. The molecule has 0 saturated carbocycles. The third-order valence-corrected chi connectivity index (χ3v) is 3.96. The van der Waals surface area contributed by atoms with Crippen LogP contribution in [0.15, 0.2) is 36.9 Å². The molecule has 6 nitrogen and oxygen atoms in total. The summed E-state index contributed by atoms with van der Waals surface area (Å²) in [7, 11) is 0. The minimum absolute atomic E-state index is 0.377. The van der Waals surface area contributed by atoms with E-state index in [1.54, 1.807) is 18.7 Å². The Morgan fingerprint density at radius 2 is 2.33 bits per heavy atom. The number of benzene rings is 1. The molecule has 2 heterocycles. The van der Waals surface area contributed by atoms with E-state index < -0.39 is 0 Å². The highest BCUT2D eigenvalue weighted by atomic mass is 16.1. The normalized spacial score (nSPS) is 19.0. The molecule has 0 spiro atoms. The lowest BCUT2D eigenvalue weighted by atomic mass is 10.1. The topological polar surface area (TPSA) is 77.0 Å². The van der Waals surface area contributed by atoms with Gasteiger partial charge in [-0.2, -0.15) is 5.10 Å². The van der Waals surface area contributed by atoms with Crippen molar-refractivity contribution in [3.8, 4) is 0 Å². The molecule has 0 radical (unpaired) electrons. The zero-order valence-electron chi connectivity index (χ0n) is 11.9. The highest BCUT2D eigenvalue weighted by molar-refractivity contribution is 5.92. The summed E-state index contributed by atoms with van der Waals surface area (Å²) in [5.74, 6) is -0.377. The van der Waals surface area contributed by atoms with Gasteiger partial charge in [0.15, 0.2) is 0 Å². The van der Waals surface area contributed by atoms with Crippen LogP contribution < -0.4 is 5.73 Å². The Balaban J connectivity index is 1.68. The molecule has 1 saturated heterocycles. The second-order valence-electron chi connectivity index (χ2n) is 5.45. The predicted octanol–water partition coefficient (Wildman–Crippen LogP) is 1.04. The number of rotatable bonds is 5. The molecule has 6 heteroatoms. The van der Waals surface area contributed by atoms with Gasteiger partial charge in [0.05, 0.1) is 6.54 Å². The van der Waals surface area contributed by atoms with Gasteiger partial charge in [0.1, 0.15) is 12.7 Å². The lowest BCUT2D eigenvalue weighted by Gasteiger charge is -2.24. The number of nitrogens with zero attached hydrogens (tertiary/aromatic N) is 4. The summed E-state index contributed by atoms with van der Waals surface area (Å²) < 4.78 is 1.88. The number of aromatic nitrogens is 3. The second kappa shape index (κ2) is 6.05. The van der Waals surface area contributed by atoms with Crippen LogP contribution >= 0.6 is 0 Å². The number of primary amides is 1. The zero-order chi connectivity index (χ0) is 14.7. The molecule has 1 aliphatic heterocycles. The van der Waals surface area contributed by atoms with Gasteiger partial charge in [0.25, 0.3) is 0 Å². The van der Waals surface area contributed by atoms with Crippen molar-refractivity contribution in [1.82, 2.24) is 19.7 Å². The summed E-state index contributed by atoms with van der Waals surface area (Å²) in [6, 6.07) is 8.02. The van der Waals surface area contributed by atoms with E-state index in [1.807, 2.05) is 22.9 Å². The van der Waals surface area contributed by atoms with E-state index in [0.29, 0.717) is 11.6 Å². The van der Waals surface area contributed by atoms with Crippen LogP contribution in [0.25, 0.3) is 0 Å². The van der Waals surface area contributed by atoms with E-state index >= 15 is 0 Å². The summed E-state index contributed by atoms with van der Waals surface area (Å²) in [5.41, 5.74) is 7.03. The Morgan fingerprint density at radius 1 is 1.43 bits per heavy atom. The molecule has 2 N–H and O–H groups in total. The molecule has 1 atom stereocenters. The lowest BCUT2D eigenvalue weighted by molar-refractivity contribution is 0.1000. The summed E-state index contributed by atoms with van der Waals surface area (Å²) in [5, 5.41) is 4.18. The maximum Gasteiger partial charge on any atom is 0.248 e. The van der Waals surface area contributed by atoms with Gasteiger partial charge in [-0.15, -0.1) is 0 Å². The Labute approximate surface area is 123 Å². The first-order chi connectivity index (χ1) is 10.2. The molecule has 1 aromatic carbocycles. The molecule has 1 aromatic heterocycles. The molecular formula is C15H19N5O. The molecule has 1 fully saturated rings. The third-order valence-electron chi connectivity index (χ3n) is 3.96. The van der Waals surface area contributed by atoms with Gasteiger partial charge >= 0.3 is 0 Å². The maximum atomic E-state index is 11.3. The van der Waals surface area contributed by atoms with Crippen molar-refractivity contribution in [3.05, 3.63) is 48.0 Å². The minimum Gasteiger partial charge on any atom is -0.366 e. The smallest absolute Gasteiger partial charge is 0.248 e. The molecule has 0 unspecified atom stereocenters. The van der Waals surface area contributed by atoms with Gasteiger partial charge in [-0.25, -0.2) is 4.98 Å². The Kier molecular flexibility index (Phi) is 3.96. The molecule has 3 rings (SSSR count). The fraction of sp³-hybridized carbons (Fsp3) is 0.400. The van der Waals surface area contributed by atoms with Crippen LogP contribution in [0.2, 0.25) is 0 Å². The summed E-state index contributed by atoms with van der Waals surface area (Å²) in [6.45, 7) is 2.76. The monoisotopic (exact) mass is 285 g/mol. The SMILES string of the molecule is NC(=O)c1cccc(CN2CCC[C@H]2Cn2cncn2)c1. The van der Waals surface area contributed by atoms with Crippen LogP contribution in [0.4, 0.5) is 0 Å². The van der Waals surface area contributed by atoms with E-state index in [9.17, 15) is 4.79 Å². The molecule has 2 aromatic rings. The first kappa shape index (κ1) is 13.8.